The second-order valence-corrected chi connectivity index (χ2v) is 5.07. The van der Waals surface area contributed by atoms with Gasteiger partial charge in [0.2, 0.25) is 0 Å². The molecule has 0 aromatic heterocycles. The van der Waals surface area contributed by atoms with E-state index >= 15 is 0 Å². The first-order valence-corrected chi connectivity index (χ1v) is 6.60. The number of nitriles is 1. The summed E-state index contributed by atoms with van der Waals surface area (Å²) < 4.78 is 0. The highest BCUT2D eigenvalue weighted by atomic mass is 16.4. The molecule has 0 unspecified atom stereocenters. The Hall–Kier alpha value is -2.55. The first kappa shape index (κ1) is 16.5. The summed E-state index contributed by atoms with van der Waals surface area (Å²) in [5, 5.41) is 20.5. The van der Waals surface area contributed by atoms with Gasteiger partial charge in [-0.25, -0.2) is 9.59 Å². The zero-order chi connectivity index (χ0) is 16.0. The Labute approximate surface area is 124 Å². The topological polar surface area (TPSA) is 93.4 Å². The summed E-state index contributed by atoms with van der Waals surface area (Å²) in [6.45, 7) is 4.96. The van der Waals surface area contributed by atoms with E-state index in [1.165, 1.54) is 18.7 Å². The smallest absolute Gasteiger partial charge is 0.329 e. The second-order valence-electron chi connectivity index (χ2n) is 5.07. The zero-order valence-electron chi connectivity index (χ0n) is 12.4. The summed E-state index contributed by atoms with van der Waals surface area (Å²) in [7, 11) is 0. The molecular formula is C15H19N3O3. The van der Waals surface area contributed by atoms with Crippen molar-refractivity contribution in [2.45, 2.75) is 32.7 Å². The van der Waals surface area contributed by atoms with Crippen molar-refractivity contribution in [3.63, 3.8) is 0 Å². The van der Waals surface area contributed by atoms with E-state index in [1.54, 1.807) is 31.2 Å². The Balaban J connectivity index is 2.84. The third-order valence-corrected chi connectivity index (χ3v) is 3.25. The Morgan fingerprint density at radius 1 is 1.33 bits per heavy atom. The molecule has 1 rings (SSSR count). The van der Waals surface area contributed by atoms with E-state index in [-0.39, 0.29) is 6.54 Å². The number of hydrogen-bond donors (Lipinski definition) is 2. The van der Waals surface area contributed by atoms with Gasteiger partial charge in [0.25, 0.3) is 0 Å². The highest BCUT2D eigenvalue weighted by Crippen LogP contribution is 2.17. The van der Waals surface area contributed by atoms with Crippen LogP contribution in [0.4, 0.5) is 10.5 Å². The van der Waals surface area contributed by atoms with Crippen molar-refractivity contribution < 1.29 is 14.7 Å². The summed E-state index contributed by atoms with van der Waals surface area (Å²) in [6, 6.07) is 8.44. The van der Waals surface area contributed by atoms with Gasteiger partial charge in [-0.1, -0.05) is 12.1 Å². The van der Waals surface area contributed by atoms with E-state index in [0.29, 0.717) is 12.1 Å². The number of carboxylic acids is 1. The fourth-order valence-corrected chi connectivity index (χ4v) is 1.90. The van der Waals surface area contributed by atoms with Gasteiger partial charge in [-0.15, -0.1) is 0 Å². The van der Waals surface area contributed by atoms with E-state index < -0.39 is 17.5 Å². The van der Waals surface area contributed by atoms with Crippen LogP contribution in [-0.4, -0.2) is 34.1 Å². The Bertz CT molecular complexity index is 559. The van der Waals surface area contributed by atoms with Crippen LogP contribution in [0.2, 0.25) is 0 Å². The van der Waals surface area contributed by atoms with E-state index in [2.05, 4.69) is 5.32 Å². The molecule has 6 heteroatoms. The summed E-state index contributed by atoms with van der Waals surface area (Å²) in [6.07, 6.45) is 0.307. The van der Waals surface area contributed by atoms with Crippen LogP contribution in [-0.2, 0) is 11.2 Å². The first-order valence-electron chi connectivity index (χ1n) is 6.60. The molecule has 0 spiro atoms. The monoisotopic (exact) mass is 289 g/mol. The normalized spacial score (nSPS) is 10.6. The van der Waals surface area contributed by atoms with E-state index in [4.69, 9.17) is 5.26 Å². The fraction of sp³-hybridized carbons (Fsp3) is 0.400. The van der Waals surface area contributed by atoms with E-state index in [0.717, 1.165) is 5.56 Å². The zero-order valence-corrected chi connectivity index (χ0v) is 12.4. The van der Waals surface area contributed by atoms with Gasteiger partial charge < -0.3 is 15.3 Å². The van der Waals surface area contributed by atoms with Crippen LogP contribution in [0, 0.1) is 11.3 Å². The Kier molecular flexibility index (Phi) is 5.30. The molecule has 1 aromatic rings. The lowest BCUT2D eigenvalue weighted by Crippen LogP contribution is -2.54. The third-order valence-electron chi connectivity index (χ3n) is 3.25. The number of benzene rings is 1. The maximum Gasteiger partial charge on any atom is 0.329 e. The van der Waals surface area contributed by atoms with Crippen LogP contribution in [0.5, 0.6) is 0 Å². The van der Waals surface area contributed by atoms with Crippen molar-refractivity contribution >= 4 is 17.7 Å². The number of hydrogen-bond acceptors (Lipinski definition) is 3. The summed E-state index contributed by atoms with van der Waals surface area (Å²) in [5.74, 6) is -1.07. The van der Waals surface area contributed by atoms with Crippen LogP contribution >= 0.6 is 0 Å². The molecule has 0 aliphatic carbocycles. The number of likely N-dealkylation sites (N-methyl/N-ethyl adjacent to an activating group) is 1. The Morgan fingerprint density at radius 2 is 1.90 bits per heavy atom. The van der Waals surface area contributed by atoms with Crippen molar-refractivity contribution in [1.82, 2.24) is 4.90 Å². The summed E-state index contributed by atoms with van der Waals surface area (Å²) >= 11 is 0. The Morgan fingerprint density at radius 3 is 2.33 bits per heavy atom. The predicted octanol–water partition coefficient (Wildman–Crippen LogP) is 2.47. The minimum Gasteiger partial charge on any atom is -0.480 e. The molecule has 6 nitrogen and oxygen atoms in total. The number of amides is 2. The van der Waals surface area contributed by atoms with Gasteiger partial charge in [0.15, 0.2) is 0 Å². The van der Waals surface area contributed by atoms with Gasteiger partial charge in [0.1, 0.15) is 5.54 Å². The number of urea groups is 1. The molecule has 112 valence electrons. The molecule has 0 aliphatic heterocycles. The lowest BCUT2D eigenvalue weighted by molar-refractivity contribution is -0.147. The third kappa shape index (κ3) is 3.96. The van der Waals surface area contributed by atoms with Crippen LogP contribution in [0.15, 0.2) is 24.3 Å². The fourth-order valence-electron chi connectivity index (χ4n) is 1.90. The molecule has 21 heavy (non-hydrogen) atoms. The number of anilines is 1. The maximum atomic E-state index is 12.2. The van der Waals surface area contributed by atoms with Gasteiger partial charge in [-0.2, -0.15) is 5.26 Å². The van der Waals surface area contributed by atoms with Gasteiger partial charge >= 0.3 is 12.0 Å². The maximum absolute atomic E-state index is 12.2. The number of carbonyl (C=O) groups excluding carboxylic acids is 1. The van der Waals surface area contributed by atoms with Crippen molar-refractivity contribution in [3.8, 4) is 6.07 Å². The highest BCUT2D eigenvalue weighted by Gasteiger charge is 2.36. The summed E-state index contributed by atoms with van der Waals surface area (Å²) in [5.41, 5.74) is 0.120. The van der Waals surface area contributed by atoms with Crippen molar-refractivity contribution in [2.24, 2.45) is 0 Å². The quantitative estimate of drug-likeness (QED) is 0.870. The van der Waals surface area contributed by atoms with Crippen LogP contribution in [0.3, 0.4) is 0 Å². The molecule has 0 saturated carbocycles. The largest absolute Gasteiger partial charge is 0.480 e. The number of aliphatic carboxylic acids is 1. The average molecular weight is 289 g/mol. The number of carboxylic acid groups (broad SMARTS) is 1. The van der Waals surface area contributed by atoms with Crippen molar-refractivity contribution in [1.29, 1.82) is 5.26 Å². The van der Waals surface area contributed by atoms with E-state index in [1.807, 2.05) is 6.07 Å². The van der Waals surface area contributed by atoms with Crippen LogP contribution < -0.4 is 5.32 Å². The molecule has 0 radical (unpaired) electrons. The number of nitrogens with zero attached hydrogens (tertiary/aromatic N) is 2. The number of carbonyl (C=O) groups is 2. The molecule has 2 N–H and O–H groups in total. The van der Waals surface area contributed by atoms with E-state index in [9.17, 15) is 14.7 Å². The first-order chi connectivity index (χ1) is 9.82. The number of rotatable bonds is 5. The van der Waals surface area contributed by atoms with Gasteiger partial charge in [0, 0.05) is 12.2 Å². The van der Waals surface area contributed by atoms with Crippen LogP contribution in [0.25, 0.3) is 0 Å². The molecule has 0 saturated heterocycles. The second kappa shape index (κ2) is 6.75. The predicted molar refractivity (Wildman–Crippen MR) is 78.9 cm³/mol. The molecule has 1 aromatic carbocycles. The SMILES string of the molecule is CCN(C(=O)Nc1ccc(CC#N)cc1)C(C)(C)C(=O)O. The minimum atomic E-state index is -1.29. The molecule has 0 heterocycles. The summed E-state index contributed by atoms with van der Waals surface area (Å²) in [4.78, 5) is 24.7. The molecule has 0 fully saturated rings. The number of nitrogens with one attached hydrogen (secondary N) is 1. The molecule has 0 aliphatic rings. The standard InChI is InChI=1S/C15H19N3O3/c1-4-18(15(2,3)13(19)20)14(21)17-12-7-5-11(6-8-12)9-10-16/h5-8H,4,9H2,1-3H3,(H,17,21)(H,19,20). The minimum absolute atomic E-state index is 0.275. The molecule has 0 bridgehead atoms. The lowest BCUT2D eigenvalue weighted by Gasteiger charge is -2.34. The molecule has 0 atom stereocenters. The average Bonchev–Trinajstić information content (AvgIpc) is 2.41. The highest BCUT2D eigenvalue weighted by molar-refractivity contribution is 5.93. The van der Waals surface area contributed by atoms with Crippen molar-refractivity contribution in [3.05, 3.63) is 29.8 Å². The lowest BCUT2D eigenvalue weighted by atomic mass is 10.0. The van der Waals surface area contributed by atoms with Crippen LogP contribution in [0.1, 0.15) is 26.3 Å². The van der Waals surface area contributed by atoms with Crippen molar-refractivity contribution in [2.75, 3.05) is 11.9 Å². The molecule has 2 amide bonds. The molecular weight excluding hydrogens is 270 g/mol. The van der Waals surface area contributed by atoms with Gasteiger partial charge in [-0.05, 0) is 38.5 Å². The van der Waals surface area contributed by atoms with Gasteiger partial charge in [0.05, 0.1) is 12.5 Å². The van der Waals surface area contributed by atoms with Gasteiger partial charge in [-0.3, -0.25) is 0 Å².